The van der Waals surface area contributed by atoms with Gasteiger partial charge in [-0.25, -0.2) is 0 Å². The van der Waals surface area contributed by atoms with Gasteiger partial charge in [-0.15, -0.1) is 0 Å². The van der Waals surface area contributed by atoms with Crippen molar-refractivity contribution in [2.45, 2.75) is 58.9 Å². The van der Waals surface area contributed by atoms with Crippen LogP contribution in [0.2, 0.25) is 0 Å². The molecule has 0 aromatic heterocycles. The van der Waals surface area contributed by atoms with E-state index in [2.05, 4.69) is 25.7 Å². The zero-order chi connectivity index (χ0) is 13.1. The van der Waals surface area contributed by atoms with Crippen LogP contribution in [0.3, 0.4) is 0 Å². The summed E-state index contributed by atoms with van der Waals surface area (Å²) in [6.07, 6.45) is 7.06. The van der Waals surface area contributed by atoms with Gasteiger partial charge in [0.25, 0.3) is 0 Å². The lowest BCUT2D eigenvalue weighted by atomic mass is 9.78. The minimum Gasteiger partial charge on any atom is -0.329 e. The van der Waals surface area contributed by atoms with Crippen LogP contribution in [-0.4, -0.2) is 30.6 Å². The summed E-state index contributed by atoms with van der Waals surface area (Å²) in [6.45, 7) is 10.6. The normalized spacial score (nSPS) is 36.2. The number of hydrogen-bond donors (Lipinski definition) is 1. The average Bonchev–Trinajstić information content (AvgIpc) is 2.80. The Labute approximate surface area is 113 Å². The molecule has 0 radical (unpaired) electrons. The zero-order valence-corrected chi connectivity index (χ0v) is 12.6. The van der Waals surface area contributed by atoms with Gasteiger partial charge in [-0.05, 0) is 49.5 Å². The lowest BCUT2D eigenvalue weighted by Gasteiger charge is -2.38. The van der Waals surface area contributed by atoms with Gasteiger partial charge in [-0.1, -0.05) is 33.6 Å². The van der Waals surface area contributed by atoms with Gasteiger partial charge >= 0.3 is 0 Å². The van der Waals surface area contributed by atoms with Crippen LogP contribution in [-0.2, 0) is 0 Å². The summed E-state index contributed by atoms with van der Waals surface area (Å²) in [6, 6.07) is 0.663. The molecule has 1 aliphatic carbocycles. The van der Waals surface area contributed by atoms with E-state index in [9.17, 15) is 0 Å². The van der Waals surface area contributed by atoms with Crippen molar-refractivity contribution in [1.29, 1.82) is 0 Å². The lowest BCUT2D eigenvalue weighted by molar-refractivity contribution is 0.123. The highest BCUT2D eigenvalue weighted by Crippen LogP contribution is 2.35. The first-order chi connectivity index (χ1) is 8.61. The van der Waals surface area contributed by atoms with Crippen molar-refractivity contribution >= 4 is 0 Å². The first-order valence-corrected chi connectivity index (χ1v) is 8.06. The maximum atomic E-state index is 6.11. The first-order valence-electron chi connectivity index (χ1n) is 8.06. The fourth-order valence-corrected chi connectivity index (χ4v) is 4.13. The summed E-state index contributed by atoms with van der Waals surface area (Å²) >= 11 is 0. The Kier molecular flexibility index (Phi) is 5.08. The Morgan fingerprint density at radius 3 is 2.50 bits per heavy atom. The average molecular weight is 252 g/mol. The largest absolute Gasteiger partial charge is 0.329 e. The molecule has 2 rings (SSSR count). The second-order valence-corrected chi connectivity index (χ2v) is 7.12. The summed E-state index contributed by atoms with van der Waals surface area (Å²) in [5.41, 5.74) is 6.11. The van der Waals surface area contributed by atoms with Crippen molar-refractivity contribution in [3.8, 4) is 0 Å². The molecule has 2 N–H and O–H groups in total. The quantitative estimate of drug-likeness (QED) is 0.833. The Balaban J connectivity index is 1.92. The molecule has 2 fully saturated rings. The van der Waals surface area contributed by atoms with Crippen molar-refractivity contribution in [1.82, 2.24) is 4.90 Å². The third-order valence-corrected chi connectivity index (χ3v) is 5.43. The lowest BCUT2D eigenvalue weighted by Crippen LogP contribution is -2.46. The van der Waals surface area contributed by atoms with E-state index in [4.69, 9.17) is 5.73 Å². The Bertz CT molecular complexity index is 251. The van der Waals surface area contributed by atoms with Gasteiger partial charge in [-0.2, -0.15) is 0 Å². The van der Waals surface area contributed by atoms with Crippen LogP contribution >= 0.6 is 0 Å². The molecule has 0 bridgehead atoms. The van der Waals surface area contributed by atoms with Crippen molar-refractivity contribution in [2.24, 2.45) is 29.4 Å². The van der Waals surface area contributed by atoms with E-state index < -0.39 is 0 Å². The second-order valence-electron chi connectivity index (χ2n) is 7.12. The monoisotopic (exact) mass is 252 g/mol. The van der Waals surface area contributed by atoms with Gasteiger partial charge in [0.2, 0.25) is 0 Å². The fourth-order valence-electron chi connectivity index (χ4n) is 4.13. The molecule has 2 heteroatoms. The maximum absolute atomic E-state index is 6.11. The van der Waals surface area contributed by atoms with Crippen LogP contribution in [0.25, 0.3) is 0 Å². The molecular formula is C16H32N2. The van der Waals surface area contributed by atoms with Crippen LogP contribution in [0.4, 0.5) is 0 Å². The highest BCUT2D eigenvalue weighted by atomic mass is 15.2. The topological polar surface area (TPSA) is 29.3 Å². The maximum Gasteiger partial charge on any atom is 0.0246 e. The molecule has 2 nitrogen and oxygen atoms in total. The molecule has 0 aromatic carbocycles. The molecule has 0 aromatic rings. The van der Waals surface area contributed by atoms with Crippen molar-refractivity contribution in [2.75, 3.05) is 19.6 Å². The van der Waals surface area contributed by atoms with Crippen LogP contribution in [0, 0.1) is 23.7 Å². The smallest absolute Gasteiger partial charge is 0.0246 e. The molecule has 1 saturated heterocycles. The van der Waals surface area contributed by atoms with Crippen molar-refractivity contribution in [3.05, 3.63) is 0 Å². The summed E-state index contributed by atoms with van der Waals surface area (Å²) in [5.74, 6) is 3.52. The SMILES string of the molecule is CC1CCCC(C(CN)N2CCC(C(C)C)C2)C1. The molecule has 106 valence electrons. The standard InChI is InChI=1S/C16H32N2/c1-12(2)15-7-8-18(11-15)16(10-17)14-6-4-5-13(3)9-14/h12-16H,4-11,17H2,1-3H3. The molecule has 0 amide bonds. The first kappa shape index (κ1) is 14.3. The van der Waals surface area contributed by atoms with Gasteiger partial charge in [0.05, 0.1) is 0 Å². The van der Waals surface area contributed by atoms with E-state index >= 15 is 0 Å². The molecule has 4 unspecified atom stereocenters. The molecule has 18 heavy (non-hydrogen) atoms. The number of nitrogens with zero attached hydrogens (tertiary/aromatic N) is 1. The minimum atomic E-state index is 0.663. The predicted octanol–water partition coefficient (Wildman–Crippen LogP) is 3.12. The summed E-state index contributed by atoms with van der Waals surface area (Å²) in [5, 5.41) is 0. The van der Waals surface area contributed by atoms with Gasteiger partial charge < -0.3 is 5.73 Å². The Hall–Kier alpha value is -0.0800. The van der Waals surface area contributed by atoms with Gasteiger partial charge in [0.1, 0.15) is 0 Å². The highest BCUT2D eigenvalue weighted by Gasteiger charge is 2.34. The number of hydrogen-bond acceptors (Lipinski definition) is 2. The van der Waals surface area contributed by atoms with Crippen LogP contribution in [0.15, 0.2) is 0 Å². The Morgan fingerprint density at radius 2 is 1.94 bits per heavy atom. The van der Waals surface area contributed by atoms with Crippen LogP contribution < -0.4 is 5.73 Å². The number of rotatable bonds is 4. The summed E-state index contributed by atoms with van der Waals surface area (Å²) < 4.78 is 0. The van der Waals surface area contributed by atoms with E-state index in [1.54, 1.807) is 0 Å². The van der Waals surface area contributed by atoms with E-state index in [1.165, 1.54) is 45.2 Å². The number of likely N-dealkylation sites (tertiary alicyclic amines) is 1. The fraction of sp³-hybridized carbons (Fsp3) is 1.00. The van der Waals surface area contributed by atoms with Gasteiger partial charge in [0.15, 0.2) is 0 Å². The van der Waals surface area contributed by atoms with E-state index in [-0.39, 0.29) is 0 Å². The van der Waals surface area contributed by atoms with Crippen LogP contribution in [0.1, 0.15) is 52.9 Å². The zero-order valence-electron chi connectivity index (χ0n) is 12.6. The van der Waals surface area contributed by atoms with Crippen LogP contribution in [0.5, 0.6) is 0 Å². The Morgan fingerprint density at radius 1 is 1.17 bits per heavy atom. The molecule has 1 saturated carbocycles. The molecule has 0 spiro atoms. The van der Waals surface area contributed by atoms with Crippen molar-refractivity contribution < 1.29 is 0 Å². The second kappa shape index (κ2) is 6.38. The molecule has 2 aliphatic rings. The van der Waals surface area contributed by atoms with Gasteiger partial charge in [-0.3, -0.25) is 4.90 Å². The molecule has 1 heterocycles. The van der Waals surface area contributed by atoms with E-state index in [0.717, 1.165) is 30.2 Å². The van der Waals surface area contributed by atoms with Gasteiger partial charge in [0, 0.05) is 19.1 Å². The molecule has 4 atom stereocenters. The van der Waals surface area contributed by atoms with E-state index in [1.807, 2.05) is 0 Å². The van der Waals surface area contributed by atoms with Crippen molar-refractivity contribution in [3.63, 3.8) is 0 Å². The minimum absolute atomic E-state index is 0.663. The summed E-state index contributed by atoms with van der Waals surface area (Å²) in [4.78, 5) is 2.72. The third-order valence-electron chi connectivity index (χ3n) is 5.43. The van der Waals surface area contributed by atoms with E-state index in [0.29, 0.717) is 6.04 Å². The number of nitrogens with two attached hydrogens (primary N) is 1. The molecule has 1 aliphatic heterocycles. The highest BCUT2D eigenvalue weighted by molar-refractivity contribution is 4.89. The third kappa shape index (κ3) is 3.27. The summed E-state index contributed by atoms with van der Waals surface area (Å²) in [7, 11) is 0. The molecular weight excluding hydrogens is 220 g/mol. The predicted molar refractivity (Wildman–Crippen MR) is 78.5 cm³/mol.